The summed E-state index contributed by atoms with van der Waals surface area (Å²) in [5, 5.41) is 8.99. The number of benzene rings is 1. The molecule has 0 aromatic heterocycles. The van der Waals surface area contributed by atoms with Crippen molar-refractivity contribution in [1.29, 1.82) is 0 Å². The minimum Gasteiger partial charge on any atom is -0.397 e. The summed E-state index contributed by atoms with van der Waals surface area (Å²) >= 11 is 0. The van der Waals surface area contributed by atoms with Gasteiger partial charge in [-0.3, -0.25) is 0 Å². The summed E-state index contributed by atoms with van der Waals surface area (Å²) in [5.41, 5.74) is 6.98. The molecule has 0 amide bonds. The van der Waals surface area contributed by atoms with E-state index < -0.39 is 0 Å². The van der Waals surface area contributed by atoms with Crippen LogP contribution in [-0.2, 0) is 0 Å². The van der Waals surface area contributed by atoms with Gasteiger partial charge >= 0.3 is 0 Å². The lowest BCUT2D eigenvalue weighted by atomic mass is 10.2. The van der Waals surface area contributed by atoms with Gasteiger partial charge in [0.05, 0.1) is 18.0 Å². The van der Waals surface area contributed by atoms with Gasteiger partial charge in [-0.15, -0.1) is 0 Å². The Morgan fingerprint density at radius 3 is 2.69 bits per heavy atom. The summed E-state index contributed by atoms with van der Waals surface area (Å²) in [5.74, 6) is -0.333. The molecule has 3 nitrogen and oxygen atoms in total. The van der Waals surface area contributed by atoms with E-state index in [9.17, 15) is 4.39 Å². The van der Waals surface area contributed by atoms with E-state index >= 15 is 0 Å². The summed E-state index contributed by atoms with van der Waals surface area (Å²) in [6.07, 6.45) is 2.10. The molecule has 3 N–H and O–H groups in total. The fourth-order valence-electron chi connectivity index (χ4n) is 1.64. The molecule has 1 aromatic carbocycles. The molecule has 1 rings (SSSR count). The maximum absolute atomic E-state index is 12.9. The molecule has 0 aliphatic carbocycles. The molecule has 0 heterocycles. The first kappa shape index (κ1) is 12.8. The molecule has 0 aliphatic rings. The van der Waals surface area contributed by atoms with Gasteiger partial charge in [0.15, 0.2) is 0 Å². The lowest BCUT2D eigenvalue weighted by Crippen LogP contribution is -2.28. The van der Waals surface area contributed by atoms with Crippen molar-refractivity contribution in [2.45, 2.75) is 19.8 Å². The van der Waals surface area contributed by atoms with Crippen LogP contribution in [0.25, 0.3) is 0 Å². The lowest BCUT2D eigenvalue weighted by Gasteiger charge is -2.25. The fourth-order valence-corrected chi connectivity index (χ4v) is 1.64. The van der Waals surface area contributed by atoms with Crippen LogP contribution in [0.1, 0.15) is 19.8 Å². The van der Waals surface area contributed by atoms with Crippen molar-refractivity contribution in [2.75, 3.05) is 30.3 Å². The van der Waals surface area contributed by atoms with Crippen LogP contribution in [0, 0.1) is 5.82 Å². The summed E-state index contributed by atoms with van der Waals surface area (Å²) < 4.78 is 12.9. The molecule has 16 heavy (non-hydrogen) atoms. The van der Waals surface area contributed by atoms with E-state index in [4.69, 9.17) is 10.8 Å². The van der Waals surface area contributed by atoms with Gasteiger partial charge in [0.2, 0.25) is 0 Å². The smallest absolute Gasteiger partial charge is 0.125 e. The highest BCUT2D eigenvalue weighted by atomic mass is 19.1. The van der Waals surface area contributed by atoms with Crippen molar-refractivity contribution in [3.8, 4) is 0 Å². The van der Waals surface area contributed by atoms with E-state index in [-0.39, 0.29) is 12.4 Å². The second-order valence-electron chi connectivity index (χ2n) is 3.77. The van der Waals surface area contributed by atoms with Crippen LogP contribution < -0.4 is 10.6 Å². The molecule has 4 heteroatoms. The van der Waals surface area contributed by atoms with E-state index in [2.05, 4.69) is 6.92 Å². The van der Waals surface area contributed by atoms with Gasteiger partial charge in [0.1, 0.15) is 5.82 Å². The van der Waals surface area contributed by atoms with E-state index in [1.165, 1.54) is 12.1 Å². The van der Waals surface area contributed by atoms with Crippen LogP contribution in [0.15, 0.2) is 18.2 Å². The first-order valence-electron chi connectivity index (χ1n) is 5.60. The summed E-state index contributed by atoms with van der Waals surface area (Å²) in [4.78, 5) is 1.98. The zero-order valence-corrected chi connectivity index (χ0v) is 9.62. The van der Waals surface area contributed by atoms with E-state index in [1.54, 1.807) is 6.07 Å². The Morgan fingerprint density at radius 1 is 1.38 bits per heavy atom. The monoisotopic (exact) mass is 226 g/mol. The highest BCUT2D eigenvalue weighted by Crippen LogP contribution is 2.24. The third-order valence-corrected chi connectivity index (χ3v) is 2.48. The lowest BCUT2D eigenvalue weighted by molar-refractivity contribution is 0.301. The number of anilines is 2. The van der Waals surface area contributed by atoms with Crippen molar-refractivity contribution in [1.82, 2.24) is 0 Å². The maximum Gasteiger partial charge on any atom is 0.125 e. The number of aliphatic hydroxyl groups excluding tert-OH is 1. The molecule has 0 bridgehead atoms. The molecule has 1 aromatic rings. The first-order chi connectivity index (χ1) is 7.69. The Bertz CT molecular complexity index is 331. The average Bonchev–Trinajstić information content (AvgIpc) is 2.25. The highest BCUT2D eigenvalue weighted by Gasteiger charge is 2.09. The van der Waals surface area contributed by atoms with Gasteiger partial charge in [-0.1, -0.05) is 13.3 Å². The second kappa shape index (κ2) is 6.33. The molecular formula is C12H19FN2O. The molecule has 0 saturated heterocycles. The minimum atomic E-state index is -0.333. The van der Waals surface area contributed by atoms with Crippen LogP contribution in [0.3, 0.4) is 0 Å². The zero-order chi connectivity index (χ0) is 12.0. The molecule has 0 unspecified atom stereocenters. The van der Waals surface area contributed by atoms with E-state index in [1.807, 2.05) is 4.90 Å². The van der Waals surface area contributed by atoms with Gasteiger partial charge in [-0.25, -0.2) is 4.39 Å². The average molecular weight is 226 g/mol. The van der Waals surface area contributed by atoms with Crippen molar-refractivity contribution >= 4 is 11.4 Å². The SMILES string of the molecule is CCCCN(CCO)c1ccc(F)cc1N. The third kappa shape index (κ3) is 3.38. The van der Waals surface area contributed by atoms with Crippen LogP contribution in [0.5, 0.6) is 0 Å². The fraction of sp³-hybridized carbons (Fsp3) is 0.500. The molecule has 90 valence electrons. The van der Waals surface area contributed by atoms with Crippen molar-refractivity contribution in [2.24, 2.45) is 0 Å². The molecule has 0 spiro atoms. The van der Waals surface area contributed by atoms with Crippen molar-refractivity contribution in [3.63, 3.8) is 0 Å². The Hall–Kier alpha value is -1.29. The normalized spacial score (nSPS) is 10.4. The molecular weight excluding hydrogens is 207 g/mol. The number of hydrogen-bond donors (Lipinski definition) is 2. The number of aliphatic hydroxyl groups is 1. The van der Waals surface area contributed by atoms with Gasteiger partial charge in [-0.05, 0) is 24.6 Å². The second-order valence-corrected chi connectivity index (χ2v) is 3.77. The third-order valence-electron chi connectivity index (χ3n) is 2.48. The number of hydrogen-bond acceptors (Lipinski definition) is 3. The predicted octanol–water partition coefficient (Wildman–Crippen LogP) is 2.01. The van der Waals surface area contributed by atoms with Gasteiger partial charge < -0.3 is 15.7 Å². The predicted molar refractivity (Wildman–Crippen MR) is 65.0 cm³/mol. The number of nitrogens with zero attached hydrogens (tertiary/aromatic N) is 1. The number of rotatable bonds is 6. The van der Waals surface area contributed by atoms with Gasteiger partial charge in [0, 0.05) is 13.1 Å². The Kier molecular flexibility index (Phi) is 5.05. The first-order valence-corrected chi connectivity index (χ1v) is 5.60. The Labute approximate surface area is 95.7 Å². The number of halogens is 1. The summed E-state index contributed by atoms with van der Waals surface area (Å²) in [6, 6.07) is 4.36. The Balaban J connectivity index is 2.82. The minimum absolute atomic E-state index is 0.0700. The molecule has 0 atom stereocenters. The molecule has 0 radical (unpaired) electrons. The largest absolute Gasteiger partial charge is 0.397 e. The van der Waals surface area contributed by atoms with Crippen molar-refractivity contribution < 1.29 is 9.50 Å². The quantitative estimate of drug-likeness (QED) is 0.729. The van der Waals surface area contributed by atoms with Crippen LogP contribution >= 0.6 is 0 Å². The number of nitrogen functional groups attached to an aromatic ring is 1. The van der Waals surface area contributed by atoms with Crippen molar-refractivity contribution in [3.05, 3.63) is 24.0 Å². The van der Waals surface area contributed by atoms with Gasteiger partial charge in [0.25, 0.3) is 0 Å². The highest BCUT2D eigenvalue weighted by molar-refractivity contribution is 5.67. The molecule has 0 fully saturated rings. The Morgan fingerprint density at radius 2 is 2.12 bits per heavy atom. The molecule has 0 saturated carbocycles. The standard InChI is InChI=1S/C12H19FN2O/c1-2-3-6-15(7-8-16)12-5-4-10(13)9-11(12)14/h4-5,9,16H,2-3,6-8,14H2,1H3. The van der Waals surface area contributed by atoms with Crippen LogP contribution in [0.4, 0.5) is 15.8 Å². The zero-order valence-electron chi connectivity index (χ0n) is 9.62. The summed E-state index contributed by atoms with van der Waals surface area (Å²) in [6.45, 7) is 3.52. The van der Waals surface area contributed by atoms with Crippen LogP contribution in [-0.4, -0.2) is 24.8 Å². The molecule has 0 aliphatic heterocycles. The summed E-state index contributed by atoms with van der Waals surface area (Å²) in [7, 11) is 0. The van der Waals surface area contributed by atoms with Gasteiger partial charge in [-0.2, -0.15) is 0 Å². The van der Waals surface area contributed by atoms with E-state index in [0.29, 0.717) is 12.2 Å². The van der Waals surface area contributed by atoms with E-state index in [0.717, 1.165) is 25.1 Å². The number of nitrogens with two attached hydrogens (primary N) is 1. The topological polar surface area (TPSA) is 49.5 Å². The van der Waals surface area contributed by atoms with Crippen LogP contribution in [0.2, 0.25) is 0 Å². The number of unbranched alkanes of at least 4 members (excludes halogenated alkanes) is 1. The maximum atomic E-state index is 12.9.